The van der Waals surface area contributed by atoms with Gasteiger partial charge in [0, 0.05) is 15.5 Å². The molecule has 0 bridgehead atoms. The summed E-state index contributed by atoms with van der Waals surface area (Å²) in [5, 5.41) is 13.5. The van der Waals surface area contributed by atoms with E-state index in [1.165, 1.54) is 4.88 Å². The first-order valence-electron chi connectivity index (χ1n) is 5.49. The number of rotatable bonds is 3. The van der Waals surface area contributed by atoms with Gasteiger partial charge in [-0.1, -0.05) is 6.07 Å². The van der Waals surface area contributed by atoms with Crippen LogP contribution in [0.3, 0.4) is 0 Å². The predicted octanol–water partition coefficient (Wildman–Crippen LogP) is 4.26. The summed E-state index contributed by atoms with van der Waals surface area (Å²) in [6.45, 7) is 4.08. The Morgan fingerprint density at radius 2 is 2.28 bits per heavy atom. The summed E-state index contributed by atoms with van der Waals surface area (Å²) in [7, 11) is 0. The van der Waals surface area contributed by atoms with E-state index in [1.807, 2.05) is 38.2 Å². The largest absolute Gasteiger partial charge is 0.375 e. The van der Waals surface area contributed by atoms with Crippen LogP contribution in [0.1, 0.15) is 28.4 Å². The van der Waals surface area contributed by atoms with E-state index >= 15 is 0 Å². The summed E-state index contributed by atoms with van der Waals surface area (Å²) < 4.78 is 0.803. The lowest BCUT2D eigenvalue weighted by molar-refractivity contribution is 0.869. The first kappa shape index (κ1) is 13.1. The number of nitrogens with zero attached hydrogens (tertiary/aromatic N) is 2. The van der Waals surface area contributed by atoms with Crippen molar-refractivity contribution in [3.8, 4) is 6.07 Å². The molecule has 18 heavy (non-hydrogen) atoms. The van der Waals surface area contributed by atoms with E-state index in [4.69, 9.17) is 5.26 Å². The zero-order valence-corrected chi connectivity index (χ0v) is 12.5. The molecular formula is C13H12BrN3S. The molecule has 1 aromatic heterocycles. The van der Waals surface area contributed by atoms with Gasteiger partial charge in [-0.25, -0.2) is 4.98 Å². The van der Waals surface area contributed by atoms with Crippen LogP contribution < -0.4 is 5.32 Å². The van der Waals surface area contributed by atoms with Crippen molar-refractivity contribution in [1.82, 2.24) is 4.98 Å². The van der Waals surface area contributed by atoms with Crippen molar-refractivity contribution >= 4 is 33.0 Å². The Labute approximate surface area is 119 Å². The molecule has 5 heteroatoms. The molecule has 1 atom stereocenters. The molecule has 1 N–H and O–H groups in total. The Bertz CT molecular complexity index is 601. The standard InChI is InChI=1S/C13H12BrN3S/c1-8-7-16-13(18-8)9(2)17-12-5-3-4-11(14)10(12)6-15/h3-5,7,9,17H,1-2H3. The van der Waals surface area contributed by atoms with Crippen LogP contribution in [-0.2, 0) is 0 Å². The van der Waals surface area contributed by atoms with Crippen LogP contribution in [0.2, 0.25) is 0 Å². The van der Waals surface area contributed by atoms with Gasteiger partial charge in [-0.05, 0) is 41.9 Å². The number of hydrogen-bond donors (Lipinski definition) is 1. The van der Waals surface area contributed by atoms with Gasteiger partial charge in [-0.3, -0.25) is 0 Å². The van der Waals surface area contributed by atoms with Crippen molar-refractivity contribution in [3.63, 3.8) is 0 Å². The topological polar surface area (TPSA) is 48.7 Å². The van der Waals surface area contributed by atoms with Gasteiger partial charge in [0.2, 0.25) is 0 Å². The molecule has 0 aliphatic rings. The van der Waals surface area contributed by atoms with Crippen molar-refractivity contribution in [2.45, 2.75) is 19.9 Å². The lowest BCUT2D eigenvalue weighted by atomic mass is 10.2. The zero-order chi connectivity index (χ0) is 13.1. The van der Waals surface area contributed by atoms with E-state index in [0.29, 0.717) is 5.56 Å². The van der Waals surface area contributed by atoms with E-state index in [2.05, 4.69) is 32.3 Å². The first-order chi connectivity index (χ1) is 8.61. The second kappa shape index (κ2) is 5.51. The lowest BCUT2D eigenvalue weighted by Crippen LogP contribution is -2.07. The average molecular weight is 322 g/mol. The maximum Gasteiger partial charge on any atom is 0.115 e. The van der Waals surface area contributed by atoms with Gasteiger partial charge in [-0.15, -0.1) is 11.3 Å². The Morgan fingerprint density at radius 3 is 2.89 bits per heavy atom. The number of thiazole rings is 1. The second-order valence-corrected chi connectivity index (χ2v) is 6.07. The zero-order valence-electron chi connectivity index (χ0n) is 10.1. The molecule has 3 nitrogen and oxygen atoms in total. The summed E-state index contributed by atoms with van der Waals surface area (Å²) in [4.78, 5) is 5.54. The molecule has 0 radical (unpaired) electrons. The fraction of sp³-hybridized carbons (Fsp3) is 0.231. The van der Waals surface area contributed by atoms with Crippen LogP contribution in [0.25, 0.3) is 0 Å². The van der Waals surface area contributed by atoms with E-state index in [0.717, 1.165) is 15.2 Å². The van der Waals surface area contributed by atoms with Crippen LogP contribution >= 0.6 is 27.3 Å². The monoisotopic (exact) mass is 321 g/mol. The maximum absolute atomic E-state index is 9.15. The molecular weight excluding hydrogens is 310 g/mol. The van der Waals surface area contributed by atoms with Crippen molar-refractivity contribution in [2.24, 2.45) is 0 Å². The molecule has 2 rings (SSSR count). The third-order valence-corrected chi connectivity index (χ3v) is 4.26. The van der Waals surface area contributed by atoms with Crippen LogP contribution in [0, 0.1) is 18.3 Å². The van der Waals surface area contributed by atoms with Crippen LogP contribution in [-0.4, -0.2) is 4.98 Å². The van der Waals surface area contributed by atoms with E-state index in [9.17, 15) is 0 Å². The van der Waals surface area contributed by atoms with Gasteiger partial charge in [0.25, 0.3) is 0 Å². The van der Waals surface area contributed by atoms with Crippen LogP contribution in [0.15, 0.2) is 28.9 Å². The predicted molar refractivity (Wildman–Crippen MR) is 77.7 cm³/mol. The minimum absolute atomic E-state index is 0.0881. The fourth-order valence-electron chi connectivity index (χ4n) is 1.63. The third-order valence-electron chi connectivity index (χ3n) is 2.51. The van der Waals surface area contributed by atoms with Crippen LogP contribution in [0.5, 0.6) is 0 Å². The molecule has 2 aromatic rings. The number of nitriles is 1. The number of benzene rings is 1. The summed E-state index contributed by atoms with van der Waals surface area (Å²) in [5.74, 6) is 0. The molecule has 0 aliphatic heterocycles. The van der Waals surface area contributed by atoms with E-state index in [-0.39, 0.29) is 6.04 Å². The normalized spacial score (nSPS) is 11.9. The number of anilines is 1. The van der Waals surface area contributed by atoms with Gasteiger partial charge in [0.15, 0.2) is 0 Å². The molecule has 0 amide bonds. The second-order valence-electron chi connectivity index (χ2n) is 3.95. The maximum atomic E-state index is 9.15. The highest BCUT2D eigenvalue weighted by molar-refractivity contribution is 9.10. The molecule has 92 valence electrons. The molecule has 1 unspecified atom stereocenters. The van der Waals surface area contributed by atoms with Gasteiger partial charge in [0.05, 0.1) is 17.3 Å². The Hall–Kier alpha value is -1.38. The van der Waals surface area contributed by atoms with Crippen LogP contribution in [0.4, 0.5) is 5.69 Å². The molecule has 0 aliphatic carbocycles. The minimum Gasteiger partial charge on any atom is -0.375 e. The highest BCUT2D eigenvalue weighted by Gasteiger charge is 2.12. The summed E-state index contributed by atoms with van der Waals surface area (Å²) in [6, 6.07) is 7.96. The van der Waals surface area contributed by atoms with E-state index in [1.54, 1.807) is 11.3 Å². The first-order valence-corrected chi connectivity index (χ1v) is 7.10. The lowest BCUT2D eigenvalue weighted by Gasteiger charge is -2.14. The Kier molecular flexibility index (Phi) is 4.00. The van der Waals surface area contributed by atoms with Gasteiger partial charge < -0.3 is 5.32 Å². The number of aromatic nitrogens is 1. The molecule has 0 spiro atoms. The van der Waals surface area contributed by atoms with Crippen molar-refractivity contribution in [2.75, 3.05) is 5.32 Å². The number of halogens is 1. The summed E-state index contributed by atoms with van der Waals surface area (Å²) in [5.41, 5.74) is 1.45. The molecule has 0 fully saturated rings. The fourth-order valence-corrected chi connectivity index (χ4v) is 2.86. The number of hydrogen-bond acceptors (Lipinski definition) is 4. The van der Waals surface area contributed by atoms with Crippen molar-refractivity contribution < 1.29 is 0 Å². The van der Waals surface area contributed by atoms with E-state index < -0.39 is 0 Å². The van der Waals surface area contributed by atoms with Gasteiger partial charge in [-0.2, -0.15) is 5.26 Å². The van der Waals surface area contributed by atoms with Crippen molar-refractivity contribution in [1.29, 1.82) is 5.26 Å². The molecule has 1 aromatic carbocycles. The molecule has 0 saturated carbocycles. The smallest absolute Gasteiger partial charge is 0.115 e. The van der Waals surface area contributed by atoms with Gasteiger partial charge >= 0.3 is 0 Å². The minimum atomic E-state index is 0.0881. The SMILES string of the molecule is Cc1cnc(C(C)Nc2cccc(Br)c2C#N)s1. The number of aryl methyl sites for hydroxylation is 1. The summed E-state index contributed by atoms with van der Waals surface area (Å²) >= 11 is 5.05. The van der Waals surface area contributed by atoms with Crippen molar-refractivity contribution in [3.05, 3.63) is 44.3 Å². The summed E-state index contributed by atoms with van der Waals surface area (Å²) in [6.07, 6.45) is 1.87. The highest BCUT2D eigenvalue weighted by Crippen LogP contribution is 2.28. The number of nitrogens with one attached hydrogen (secondary N) is 1. The highest BCUT2D eigenvalue weighted by atomic mass is 79.9. The molecule has 1 heterocycles. The Morgan fingerprint density at radius 1 is 1.50 bits per heavy atom. The quantitative estimate of drug-likeness (QED) is 0.918. The molecule has 0 saturated heterocycles. The third kappa shape index (κ3) is 2.71. The average Bonchev–Trinajstić information content (AvgIpc) is 2.76. The Balaban J connectivity index is 2.25. The van der Waals surface area contributed by atoms with Gasteiger partial charge in [0.1, 0.15) is 11.1 Å².